The van der Waals surface area contributed by atoms with Gasteiger partial charge in [-0.25, -0.2) is 0 Å². The molecule has 0 aliphatic rings. The summed E-state index contributed by atoms with van der Waals surface area (Å²) in [6.07, 6.45) is -4.26. The first-order valence-electron chi connectivity index (χ1n) is 5.85. The van der Waals surface area contributed by atoms with E-state index < -0.39 is 11.7 Å². The highest BCUT2D eigenvalue weighted by atomic mass is 32.1. The van der Waals surface area contributed by atoms with Gasteiger partial charge in [0.1, 0.15) is 0 Å². The summed E-state index contributed by atoms with van der Waals surface area (Å²) in [5, 5.41) is 7.39. The third kappa shape index (κ3) is 3.81. The largest absolute Gasteiger partial charge is 0.416 e. The Morgan fingerprint density at radius 3 is 2.26 bits per heavy atom. The Labute approximate surface area is 114 Å². The lowest BCUT2D eigenvalue weighted by Crippen LogP contribution is -2.13. The van der Waals surface area contributed by atoms with Crippen LogP contribution in [0.1, 0.15) is 22.3 Å². The van der Waals surface area contributed by atoms with Crippen LogP contribution in [0, 0.1) is 6.92 Å². The highest BCUT2D eigenvalue weighted by molar-refractivity contribution is 7.08. The molecule has 1 N–H and O–H groups in total. The van der Waals surface area contributed by atoms with Crippen LogP contribution in [0.25, 0.3) is 0 Å². The van der Waals surface area contributed by atoms with Crippen molar-refractivity contribution >= 4 is 11.3 Å². The monoisotopic (exact) mass is 285 g/mol. The van der Waals surface area contributed by atoms with E-state index in [1.165, 1.54) is 23.3 Å². The molecule has 1 heterocycles. The Morgan fingerprint density at radius 1 is 1.05 bits per heavy atom. The van der Waals surface area contributed by atoms with Crippen LogP contribution in [0.15, 0.2) is 35.0 Å². The van der Waals surface area contributed by atoms with Gasteiger partial charge in [0.05, 0.1) is 5.56 Å². The molecule has 1 nitrogen and oxygen atoms in total. The van der Waals surface area contributed by atoms with Gasteiger partial charge in [0.2, 0.25) is 0 Å². The summed E-state index contributed by atoms with van der Waals surface area (Å²) in [6, 6.07) is 5.26. The van der Waals surface area contributed by atoms with Gasteiger partial charge in [0.15, 0.2) is 0 Å². The first-order chi connectivity index (χ1) is 8.97. The van der Waals surface area contributed by atoms with Crippen LogP contribution in [0.5, 0.6) is 0 Å². The molecule has 0 atom stereocenters. The molecule has 0 fully saturated rings. The van der Waals surface area contributed by atoms with Gasteiger partial charge in [0, 0.05) is 13.1 Å². The highest BCUT2D eigenvalue weighted by Gasteiger charge is 2.29. The number of halogens is 3. The first kappa shape index (κ1) is 14.1. The number of hydrogen-bond donors (Lipinski definition) is 1. The standard InChI is InChI=1S/C14H14F3NS/c1-10-8-19-9-12(10)7-18-6-11-2-4-13(5-3-11)14(15,16)17/h2-5,8-9,18H,6-7H2,1H3. The molecule has 1 aromatic carbocycles. The fraction of sp³-hybridized carbons (Fsp3) is 0.286. The highest BCUT2D eigenvalue weighted by Crippen LogP contribution is 2.29. The predicted molar refractivity (Wildman–Crippen MR) is 71.0 cm³/mol. The van der Waals surface area contributed by atoms with Crippen LogP contribution in [0.3, 0.4) is 0 Å². The van der Waals surface area contributed by atoms with Crippen molar-refractivity contribution in [3.05, 3.63) is 57.3 Å². The quantitative estimate of drug-likeness (QED) is 0.880. The molecule has 0 saturated heterocycles. The second kappa shape index (κ2) is 5.75. The number of hydrogen-bond acceptors (Lipinski definition) is 2. The third-order valence-corrected chi connectivity index (χ3v) is 3.80. The number of nitrogens with one attached hydrogen (secondary N) is 1. The van der Waals surface area contributed by atoms with Gasteiger partial charge < -0.3 is 5.32 Å². The SMILES string of the molecule is Cc1cscc1CNCc1ccc(C(F)(F)F)cc1. The van der Waals surface area contributed by atoms with Gasteiger partial charge in [-0.1, -0.05) is 12.1 Å². The minimum absolute atomic E-state index is 0.563. The Kier molecular flexibility index (Phi) is 4.27. The fourth-order valence-electron chi connectivity index (χ4n) is 1.72. The van der Waals surface area contributed by atoms with E-state index in [1.807, 2.05) is 6.92 Å². The molecular formula is C14H14F3NS. The number of aryl methyl sites for hydroxylation is 1. The number of rotatable bonds is 4. The van der Waals surface area contributed by atoms with Gasteiger partial charge in [-0.15, -0.1) is 0 Å². The lowest BCUT2D eigenvalue weighted by Gasteiger charge is -2.08. The molecule has 0 aliphatic heterocycles. The molecule has 0 bridgehead atoms. The molecule has 2 rings (SSSR count). The van der Waals surface area contributed by atoms with E-state index in [0.29, 0.717) is 6.54 Å². The van der Waals surface area contributed by atoms with E-state index in [4.69, 9.17) is 0 Å². The average Bonchev–Trinajstić information content (AvgIpc) is 2.75. The topological polar surface area (TPSA) is 12.0 Å². The van der Waals surface area contributed by atoms with E-state index in [1.54, 1.807) is 11.3 Å². The molecule has 19 heavy (non-hydrogen) atoms. The first-order valence-corrected chi connectivity index (χ1v) is 6.79. The molecule has 102 valence electrons. The molecule has 5 heteroatoms. The van der Waals surface area contributed by atoms with Crippen LogP contribution in [0.2, 0.25) is 0 Å². The van der Waals surface area contributed by atoms with Crippen LogP contribution in [-0.4, -0.2) is 0 Å². The van der Waals surface area contributed by atoms with Crippen LogP contribution < -0.4 is 5.32 Å². The summed E-state index contributed by atoms with van der Waals surface area (Å²) in [4.78, 5) is 0. The van der Waals surface area contributed by atoms with Crippen molar-refractivity contribution in [2.24, 2.45) is 0 Å². The lowest BCUT2D eigenvalue weighted by molar-refractivity contribution is -0.137. The molecule has 0 saturated carbocycles. The van der Waals surface area contributed by atoms with E-state index in [9.17, 15) is 13.2 Å². The Morgan fingerprint density at radius 2 is 1.74 bits per heavy atom. The molecule has 0 unspecified atom stereocenters. The van der Waals surface area contributed by atoms with Crippen molar-refractivity contribution in [1.29, 1.82) is 0 Å². The molecule has 2 aromatic rings. The molecule has 0 aliphatic carbocycles. The molecule has 0 spiro atoms. The Bertz CT molecular complexity index is 528. The summed E-state index contributed by atoms with van der Waals surface area (Å²) in [7, 11) is 0. The zero-order chi connectivity index (χ0) is 13.9. The van der Waals surface area contributed by atoms with Crippen LogP contribution in [-0.2, 0) is 19.3 Å². The van der Waals surface area contributed by atoms with E-state index in [0.717, 1.165) is 24.2 Å². The smallest absolute Gasteiger partial charge is 0.309 e. The second-order valence-electron chi connectivity index (χ2n) is 4.38. The summed E-state index contributed by atoms with van der Waals surface area (Å²) >= 11 is 1.65. The van der Waals surface area contributed by atoms with E-state index in [-0.39, 0.29) is 0 Å². The lowest BCUT2D eigenvalue weighted by atomic mass is 10.1. The number of thiophene rings is 1. The van der Waals surface area contributed by atoms with Gasteiger partial charge in [-0.05, 0) is 46.5 Å². The van der Waals surface area contributed by atoms with Gasteiger partial charge in [0.25, 0.3) is 0 Å². The maximum atomic E-state index is 12.4. The average molecular weight is 285 g/mol. The summed E-state index contributed by atoms with van der Waals surface area (Å²) < 4.78 is 37.2. The summed E-state index contributed by atoms with van der Waals surface area (Å²) in [5.41, 5.74) is 2.72. The normalized spacial score (nSPS) is 11.8. The number of benzene rings is 1. The van der Waals surface area contributed by atoms with Crippen LogP contribution >= 0.6 is 11.3 Å². The van der Waals surface area contributed by atoms with E-state index in [2.05, 4.69) is 16.1 Å². The van der Waals surface area contributed by atoms with Crippen molar-refractivity contribution in [2.45, 2.75) is 26.2 Å². The summed E-state index contributed by atoms with van der Waals surface area (Å²) in [5.74, 6) is 0. The zero-order valence-corrected chi connectivity index (χ0v) is 11.2. The second-order valence-corrected chi connectivity index (χ2v) is 5.12. The third-order valence-electron chi connectivity index (χ3n) is 2.89. The van der Waals surface area contributed by atoms with Crippen molar-refractivity contribution < 1.29 is 13.2 Å². The van der Waals surface area contributed by atoms with Crippen LogP contribution in [0.4, 0.5) is 13.2 Å². The van der Waals surface area contributed by atoms with Gasteiger partial charge in [-0.2, -0.15) is 24.5 Å². The Hall–Kier alpha value is -1.33. The van der Waals surface area contributed by atoms with E-state index >= 15 is 0 Å². The minimum Gasteiger partial charge on any atom is -0.309 e. The minimum atomic E-state index is -4.26. The van der Waals surface area contributed by atoms with Crippen molar-refractivity contribution in [1.82, 2.24) is 5.32 Å². The zero-order valence-electron chi connectivity index (χ0n) is 10.4. The molecular weight excluding hydrogens is 271 g/mol. The Balaban J connectivity index is 1.89. The maximum Gasteiger partial charge on any atom is 0.416 e. The molecule has 0 amide bonds. The predicted octanol–water partition coefficient (Wildman–Crippen LogP) is 4.37. The number of alkyl halides is 3. The van der Waals surface area contributed by atoms with Crippen molar-refractivity contribution in [3.63, 3.8) is 0 Å². The summed E-state index contributed by atoms with van der Waals surface area (Å²) in [6.45, 7) is 3.34. The fourth-order valence-corrected chi connectivity index (χ4v) is 2.58. The maximum absolute atomic E-state index is 12.4. The molecule has 0 radical (unpaired) electrons. The van der Waals surface area contributed by atoms with Crippen molar-refractivity contribution in [2.75, 3.05) is 0 Å². The van der Waals surface area contributed by atoms with Crippen molar-refractivity contribution in [3.8, 4) is 0 Å². The molecule has 1 aromatic heterocycles. The van der Waals surface area contributed by atoms with Gasteiger partial charge >= 0.3 is 6.18 Å². The van der Waals surface area contributed by atoms with Gasteiger partial charge in [-0.3, -0.25) is 0 Å².